The molecule has 2 heterocycles. The molecule has 0 radical (unpaired) electrons. The number of ether oxygens (including phenoxy) is 1. The summed E-state index contributed by atoms with van der Waals surface area (Å²) < 4.78 is 6.91. The maximum atomic E-state index is 12.6. The second-order valence-electron chi connectivity index (χ2n) is 6.03. The minimum absolute atomic E-state index is 0.0450. The van der Waals surface area contributed by atoms with Crippen LogP contribution >= 0.6 is 11.8 Å². The van der Waals surface area contributed by atoms with Crippen LogP contribution in [-0.4, -0.2) is 32.4 Å². The molecule has 4 aromatic rings. The van der Waals surface area contributed by atoms with E-state index in [1.165, 1.54) is 18.1 Å². The highest BCUT2D eigenvalue weighted by Gasteiger charge is 2.13. The Balaban J connectivity index is 1.66. The molecule has 0 fully saturated rings. The summed E-state index contributed by atoms with van der Waals surface area (Å²) in [4.78, 5) is 25.3. The molecule has 0 aliphatic carbocycles. The van der Waals surface area contributed by atoms with Gasteiger partial charge in [-0.2, -0.15) is 0 Å². The Kier molecular flexibility index (Phi) is 4.94. The normalized spacial score (nSPS) is 10.9. The number of imidazole rings is 1. The molecule has 0 saturated heterocycles. The molecule has 0 aliphatic heterocycles. The number of hydrogen-bond donors (Lipinski definition) is 2. The number of fused-ring (bicyclic) bond motifs is 1. The van der Waals surface area contributed by atoms with Gasteiger partial charge in [0, 0.05) is 10.5 Å². The van der Waals surface area contributed by atoms with E-state index in [1.807, 2.05) is 42.5 Å². The van der Waals surface area contributed by atoms with Gasteiger partial charge >= 0.3 is 0 Å². The van der Waals surface area contributed by atoms with Crippen molar-refractivity contribution in [2.24, 2.45) is 0 Å². The summed E-state index contributed by atoms with van der Waals surface area (Å²) in [7, 11) is 1.62. The van der Waals surface area contributed by atoms with E-state index in [1.54, 1.807) is 23.8 Å². The first-order valence-electron chi connectivity index (χ1n) is 8.54. The summed E-state index contributed by atoms with van der Waals surface area (Å²) >= 11 is 1.42. The average Bonchev–Trinajstić information content (AvgIpc) is 3.15. The van der Waals surface area contributed by atoms with Gasteiger partial charge in [-0.15, -0.1) is 0 Å². The van der Waals surface area contributed by atoms with Gasteiger partial charge in [-0.05, 0) is 18.2 Å². The Hall–Kier alpha value is -3.39. The van der Waals surface area contributed by atoms with Crippen molar-refractivity contribution < 1.29 is 9.53 Å². The topological polar surface area (TPSA) is 96.7 Å². The fourth-order valence-corrected chi connectivity index (χ4v) is 3.60. The maximum Gasteiger partial charge on any atom is 0.182 e. The Bertz CT molecular complexity index is 1200. The number of carbonyl (C=O) groups excluding carboxylic acids is 1. The van der Waals surface area contributed by atoms with Crippen LogP contribution in [0.1, 0.15) is 10.4 Å². The zero-order valence-electron chi connectivity index (χ0n) is 15.0. The largest absolute Gasteiger partial charge is 0.497 e. The van der Waals surface area contributed by atoms with E-state index in [-0.39, 0.29) is 17.8 Å². The van der Waals surface area contributed by atoms with E-state index in [0.29, 0.717) is 21.9 Å². The predicted octanol–water partition coefficient (Wildman–Crippen LogP) is 3.28. The third-order valence-corrected chi connectivity index (χ3v) is 5.04. The van der Waals surface area contributed by atoms with E-state index in [0.717, 1.165) is 10.6 Å². The van der Waals surface area contributed by atoms with Gasteiger partial charge < -0.3 is 14.3 Å². The van der Waals surface area contributed by atoms with Crippen molar-refractivity contribution in [3.05, 3.63) is 72.0 Å². The van der Waals surface area contributed by atoms with Crippen LogP contribution in [0.2, 0.25) is 0 Å². The first-order chi connectivity index (χ1) is 13.6. The van der Waals surface area contributed by atoms with Crippen molar-refractivity contribution in [2.45, 2.75) is 16.6 Å². The highest BCUT2D eigenvalue weighted by Crippen LogP contribution is 2.28. The number of carbonyl (C=O) groups is 1. The Morgan fingerprint density at radius 3 is 2.82 bits per heavy atom. The monoisotopic (exact) mass is 391 g/mol. The van der Waals surface area contributed by atoms with Gasteiger partial charge in [-0.1, -0.05) is 48.2 Å². The summed E-state index contributed by atoms with van der Waals surface area (Å²) in [5.41, 5.74) is 1.73. The second-order valence-corrected chi connectivity index (χ2v) is 7.09. The molecule has 2 aromatic carbocycles. The average molecular weight is 391 g/mol. The van der Waals surface area contributed by atoms with Crippen LogP contribution < -0.4 is 10.2 Å². The van der Waals surface area contributed by atoms with Crippen molar-refractivity contribution >= 4 is 28.7 Å². The lowest BCUT2D eigenvalue weighted by molar-refractivity contribution is 0.0973. The van der Waals surface area contributed by atoms with Crippen molar-refractivity contribution in [1.82, 2.24) is 19.5 Å². The molecule has 0 unspecified atom stereocenters. The zero-order chi connectivity index (χ0) is 19.5. The zero-order valence-corrected chi connectivity index (χ0v) is 15.9. The number of Topliss-reactive ketones (excluding diaryl/α,β-unsaturated/α-hetero) is 1. The molecular formula is C20H17N5O2S. The van der Waals surface area contributed by atoms with Crippen LogP contribution in [0.4, 0.5) is 0 Å². The lowest BCUT2D eigenvalue weighted by Gasteiger charge is -2.06. The van der Waals surface area contributed by atoms with Gasteiger partial charge in [0.25, 0.3) is 0 Å². The molecule has 140 valence electrons. The van der Waals surface area contributed by atoms with Crippen molar-refractivity contribution in [1.29, 1.82) is 5.41 Å². The number of methoxy groups -OCH3 is 1. The van der Waals surface area contributed by atoms with Crippen LogP contribution in [0.5, 0.6) is 5.75 Å². The summed E-state index contributed by atoms with van der Waals surface area (Å²) in [6.07, 6.45) is 1.48. The van der Waals surface area contributed by atoms with Crippen molar-refractivity contribution in [3.63, 3.8) is 0 Å². The molecule has 7 nitrogen and oxygen atoms in total. The molecule has 0 saturated carbocycles. The highest BCUT2D eigenvalue weighted by molar-refractivity contribution is 7.99. The lowest BCUT2D eigenvalue weighted by Crippen LogP contribution is -2.17. The Morgan fingerprint density at radius 2 is 2.04 bits per heavy atom. The standard InChI is InChI=1S/C20H17N5O2S/c1-27-14-8-5-9-15(10-14)28-20-23-17-18(21)22-12-25(19(17)24-20)11-16(26)13-6-3-2-4-7-13/h2-10,12,21H,11H2,1H3,(H,23,24). The highest BCUT2D eigenvalue weighted by atomic mass is 32.2. The smallest absolute Gasteiger partial charge is 0.182 e. The van der Waals surface area contributed by atoms with Gasteiger partial charge in [0.05, 0.1) is 20.0 Å². The van der Waals surface area contributed by atoms with E-state index in [2.05, 4.69) is 15.0 Å². The number of hydrogen-bond acceptors (Lipinski definition) is 6. The van der Waals surface area contributed by atoms with Gasteiger partial charge in [-0.25, -0.2) is 9.97 Å². The van der Waals surface area contributed by atoms with E-state index < -0.39 is 0 Å². The Morgan fingerprint density at radius 1 is 1.21 bits per heavy atom. The van der Waals surface area contributed by atoms with E-state index in [9.17, 15) is 4.79 Å². The van der Waals surface area contributed by atoms with Crippen molar-refractivity contribution in [3.8, 4) is 5.75 Å². The number of H-pyrrole nitrogens is 1. The molecule has 28 heavy (non-hydrogen) atoms. The van der Waals surface area contributed by atoms with Crippen LogP contribution in [0, 0.1) is 5.41 Å². The van der Waals surface area contributed by atoms with E-state index >= 15 is 0 Å². The van der Waals surface area contributed by atoms with Gasteiger partial charge in [0.1, 0.15) is 11.3 Å². The van der Waals surface area contributed by atoms with Gasteiger partial charge in [0.2, 0.25) is 0 Å². The molecule has 0 amide bonds. The second kappa shape index (κ2) is 7.69. The molecule has 4 rings (SSSR count). The van der Waals surface area contributed by atoms with Crippen LogP contribution in [0.15, 0.2) is 71.0 Å². The third kappa shape index (κ3) is 3.67. The summed E-state index contributed by atoms with van der Waals surface area (Å²) in [5.74, 6) is 0.712. The number of nitrogens with one attached hydrogen (secondary N) is 2. The molecule has 2 N–H and O–H groups in total. The summed E-state index contributed by atoms with van der Waals surface area (Å²) in [5, 5.41) is 8.67. The fourth-order valence-electron chi connectivity index (χ4n) is 2.77. The number of rotatable bonds is 6. The van der Waals surface area contributed by atoms with Crippen LogP contribution in [-0.2, 0) is 6.54 Å². The first-order valence-corrected chi connectivity index (χ1v) is 9.35. The number of aromatic amines is 1. The van der Waals surface area contributed by atoms with Gasteiger partial charge in [0.15, 0.2) is 22.1 Å². The lowest BCUT2D eigenvalue weighted by atomic mass is 10.1. The molecule has 0 aliphatic rings. The number of aromatic nitrogens is 4. The van der Waals surface area contributed by atoms with Gasteiger partial charge in [-0.3, -0.25) is 10.2 Å². The summed E-state index contributed by atoms with van der Waals surface area (Å²) in [6, 6.07) is 16.7. The molecule has 0 bridgehead atoms. The molecule has 8 heteroatoms. The predicted molar refractivity (Wildman–Crippen MR) is 106 cm³/mol. The molecule has 0 spiro atoms. The quantitative estimate of drug-likeness (QED) is 0.492. The minimum atomic E-state index is -0.0450. The molecule has 0 atom stereocenters. The first kappa shape index (κ1) is 18.0. The third-order valence-electron chi connectivity index (χ3n) is 4.16. The number of nitrogens with zero attached hydrogens (tertiary/aromatic N) is 3. The summed E-state index contributed by atoms with van der Waals surface area (Å²) in [6.45, 7) is 0.0991. The Labute approximate surface area is 164 Å². The van der Waals surface area contributed by atoms with Crippen LogP contribution in [0.25, 0.3) is 11.2 Å². The molecular weight excluding hydrogens is 374 g/mol. The maximum absolute atomic E-state index is 12.6. The number of ketones is 1. The van der Waals surface area contributed by atoms with Crippen LogP contribution in [0.3, 0.4) is 0 Å². The van der Waals surface area contributed by atoms with E-state index in [4.69, 9.17) is 10.1 Å². The van der Waals surface area contributed by atoms with Crippen molar-refractivity contribution in [2.75, 3.05) is 7.11 Å². The number of benzene rings is 2. The fraction of sp³-hybridized carbons (Fsp3) is 0.100. The minimum Gasteiger partial charge on any atom is -0.497 e. The SMILES string of the molecule is COc1cccc(Sc2nc3c([nH]2)c(=N)ncn3CC(=O)c2ccccc2)c1. The molecule has 2 aromatic heterocycles.